The summed E-state index contributed by atoms with van der Waals surface area (Å²) < 4.78 is 0. The fraction of sp³-hybridized carbons (Fsp3) is 0.455. The maximum Gasteiger partial charge on any atom is 0.0538 e. The van der Waals surface area contributed by atoms with Gasteiger partial charge >= 0.3 is 0 Å². The van der Waals surface area contributed by atoms with E-state index < -0.39 is 0 Å². The molecule has 1 saturated heterocycles. The second-order valence-corrected chi connectivity index (χ2v) is 7.28. The molecular formula is C22H30N2. The first-order valence-electron chi connectivity index (χ1n) is 9.12. The van der Waals surface area contributed by atoms with E-state index in [9.17, 15) is 0 Å². The molecule has 0 amide bonds. The van der Waals surface area contributed by atoms with Crippen molar-refractivity contribution < 1.29 is 0 Å². The molecule has 2 nitrogen and oxygen atoms in total. The van der Waals surface area contributed by atoms with E-state index in [1.165, 1.54) is 19.4 Å². The summed E-state index contributed by atoms with van der Waals surface area (Å²) in [7, 11) is 0. The Kier molecular flexibility index (Phi) is 5.25. The van der Waals surface area contributed by atoms with Crippen molar-refractivity contribution in [2.45, 2.75) is 31.7 Å². The van der Waals surface area contributed by atoms with E-state index in [2.05, 4.69) is 48.4 Å². The number of rotatable bonds is 8. The summed E-state index contributed by atoms with van der Waals surface area (Å²) in [5.41, 5.74) is 5.57. The summed E-state index contributed by atoms with van der Waals surface area (Å²) in [6.45, 7) is 20.2. The summed E-state index contributed by atoms with van der Waals surface area (Å²) in [4.78, 5) is 5.11. The second-order valence-electron chi connectivity index (χ2n) is 7.28. The maximum absolute atomic E-state index is 4.04. The van der Waals surface area contributed by atoms with E-state index in [0.29, 0.717) is 6.04 Å². The van der Waals surface area contributed by atoms with Crippen molar-refractivity contribution >= 4 is 0 Å². The van der Waals surface area contributed by atoms with Crippen molar-refractivity contribution in [3.05, 3.63) is 73.0 Å². The molecule has 0 radical (unpaired) electrons. The summed E-state index contributed by atoms with van der Waals surface area (Å²) in [6.07, 6.45) is 13.1. The summed E-state index contributed by atoms with van der Waals surface area (Å²) in [5.74, 6) is 0.765. The molecule has 3 rings (SSSR count). The third-order valence-electron chi connectivity index (χ3n) is 5.75. The minimum atomic E-state index is 0.594. The van der Waals surface area contributed by atoms with E-state index in [0.717, 1.165) is 49.5 Å². The van der Waals surface area contributed by atoms with Crippen LogP contribution in [0.1, 0.15) is 25.7 Å². The predicted molar refractivity (Wildman–Crippen MR) is 104 cm³/mol. The third kappa shape index (κ3) is 3.49. The number of likely N-dealkylation sites (tertiary alicyclic amines) is 1. The number of hydrogen-bond donors (Lipinski definition) is 0. The molecule has 128 valence electrons. The molecule has 0 N–H and O–H groups in total. The van der Waals surface area contributed by atoms with E-state index >= 15 is 0 Å². The van der Waals surface area contributed by atoms with Crippen LogP contribution in [0.25, 0.3) is 0 Å². The van der Waals surface area contributed by atoms with Gasteiger partial charge in [0.2, 0.25) is 0 Å². The number of allylic oxidation sites excluding steroid dienone is 2. The molecule has 2 aliphatic heterocycles. The molecular weight excluding hydrogens is 292 g/mol. The molecule has 0 aromatic carbocycles. The quantitative estimate of drug-likeness (QED) is 0.608. The van der Waals surface area contributed by atoms with Gasteiger partial charge in [-0.3, -0.25) is 4.90 Å². The van der Waals surface area contributed by atoms with Gasteiger partial charge in [-0.05, 0) is 55.0 Å². The summed E-state index contributed by atoms with van der Waals surface area (Å²) in [5, 5.41) is 0. The van der Waals surface area contributed by atoms with Crippen LogP contribution >= 0.6 is 0 Å². The number of nitrogens with zero attached hydrogens (tertiary/aromatic N) is 2. The van der Waals surface area contributed by atoms with E-state index in [-0.39, 0.29) is 0 Å². The lowest BCUT2D eigenvalue weighted by molar-refractivity contribution is 0.281. The number of hydrogen-bond acceptors (Lipinski definition) is 2. The van der Waals surface area contributed by atoms with Gasteiger partial charge in [-0.1, -0.05) is 49.6 Å². The number of fused-ring (bicyclic) bond motifs is 2. The first-order chi connectivity index (χ1) is 11.6. The Hall–Kier alpha value is -1.80. The maximum atomic E-state index is 4.04. The predicted octanol–water partition coefficient (Wildman–Crippen LogP) is 4.47. The molecule has 1 fully saturated rings. The van der Waals surface area contributed by atoms with Gasteiger partial charge in [0.15, 0.2) is 0 Å². The highest BCUT2D eigenvalue weighted by Crippen LogP contribution is 2.41. The Morgan fingerprint density at radius 1 is 1.08 bits per heavy atom. The van der Waals surface area contributed by atoms with Crippen molar-refractivity contribution in [2.24, 2.45) is 5.92 Å². The van der Waals surface area contributed by atoms with Crippen LogP contribution in [-0.2, 0) is 0 Å². The second kappa shape index (κ2) is 7.40. The van der Waals surface area contributed by atoms with Gasteiger partial charge in [0.25, 0.3) is 0 Å². The Labute approximate surface area is 147 Å². The fourth-order valence-corrected chi connectivity index (χ4v) is 4.20. The zero-order chi connectivity index (χ0) is 17.1. The lowest BCUT2D eigenvalue weighted by Crippen LogP contribution is -2.33. The Morgan fingerprint density at radius 2 is 1.79 bits per heavy atom. The lowest BCUT2D eigenvalue weighted by Gasteiger charge is -2.32. The van der Waals surface area contributed by atoms with Crippen molar-refractivity contribution in [3.8, 4) is 0 Å². The molecule has 0 spiro atoms. The van der Waals surface area contributed by atoms with Crippen LogP contribution in [0.15, 0.2) is 73.0 Å². The van der Waals surface area contributed by atoms with Crippen LogP contribution in [0.5, 0.6) is 0 Å². The standard InChI is InChI=1S/C22H30N2/c1-5-17(3)9-12-23-15-19-7-8-22-20(21(19)16-23)11-14-24(22)13-10-18(4)6-2/h5-6,11,14,19,22H,1-4,7-10,12-13,15-16H2. The van der Waals surface area contributed by atoms with Crippen molar-refractivity contribution in [2.75, 3.05) is 26.2 Å². The van der Waals surface area contributed by atoms with Crippen LogP contribution in [0.4, 0.5) is 0 Å². The molecule has 1 aliphatic carbocycles. The van der Waals surface area contributed by atoms with Gasteiger partial charge in [0.1, 0.15) is 0 Å². The molecule has 2 heterocycles. The Balaban J connectivity index is 1.63. The normalized spacial score (nSPS) is 25.6. The summed E-state index contributed by atoms with van der Waals surface area (Å²) >= 11 is 0. The zero-order valence-electron chi connectivity index (χ0n) is 14.8. The smallest absolute Gasteiger partial charge is 0.0538 e. The molecule has 24 heavy (non-hydrogen) atoms. The molecule has 2 unspecified atom stereocenters. The fourth-order valence-electron chi connectivity index (χ4n) is 4.20. The molecule has 2 heteroatoms. The highest BCUT2D eigenvalue weighted by atomic mass is 15.2. The van der Waals surface area contributed by atoms with Crippen molar-refractivity contribution in [1.82, 2.24) is 9.80 Å². The Morgan fingerprint density at radius 3 is 2.50 bits per heavy atom. The van der Waals surface area contributed by atoms with Crippen LogP contribution in [0.3, 0.4) is 0 Å². The van der Waals surface area contributed by atoms with E-state index in [1.54, 1.807) is 11.1 Å². The highest BCUT2D eigenvalue weighted by Gasteiger charge is 2.38. The SMILES string of the molecule is C=CC(=C)CCN1CC2=C3C=CN(CCC(=C)C=C)C3CCC2C1. The Bertz CT molecular complexity index is 607. The van der Waals surface area contributed by atoms with Crippen molar-refractivity contribution in [1.29, 1.82) is 0 Å². The van der Waals surface area contributed by atoms with Crippen LogP contribution < -0.4 is 0 Å². The van der Waals surface area contributed by atoms with Gasteiger partial charge in [-0.15, -0.1) is 0 Å². The van der Waals surface area contributed by atoms with Crippen LogP contribution in [0.2, 0.25) is 0 Å². The van der Waals surface area contributed by atoms with Gasteiger partial charge in [0.05, 0.1) is 6.04 Å². The topological polar surface area (TPSA) is 6.48 Å². The van der Waals surface area contributed by atoms with Crippen LogP contribution in [-0.4, -0.2) is 42.0 Å². The average Bonchev–Trinajstić information content (AvgIpc) is 3.20. The molecule has 0 saturated carbocycles. The van der Waals surface area contributed by atoms with Crippen LogP contribution in [0, 0.1) is 5.92 Å². The molecule has 0 aromatic heterocycles. The summed E-state index contributed by atoms with van der Waals surface area (Å²) in [6, 6.07) is 0.594. The molecule has 3 aliphatic rings. The average molecular weight is 322 g/mol. The first-order valence-corrected chi connectivity index (χ1v) is 9.12. The zero-order valence-corrected chi connectivity index (χ0v) is 14.8. The van der Waals surface area contributed by atoms with Gasteiger partial charge < -0.3 is 4.90 Å². The minimum absolute atomic E-state index is 0.594. The monoisotopic (exact) mass is 322 g/mol. The van der Waals surface area contributed by atoms with E-state index in [4.69, 9.17) is 0 Å². The first kappa shape index (κ1) is 17.0. The molecule has 2 atom stereocenters. The highest BCUT2D eigenvalue weighted by molar-refractivity contribution is 5.41. The van der Waals surface area contributed by atoms with Gasteiger partial charge in [0, 0.05) is 26.2 Å². The van der Waals surface area contributed by atoms with Crippen molar-refractivity contribution in [3.63, 3.8) is 0 Å². The van der Waals surface area contributed by atoms with Gasteiger partial charge in [-0.25, -0.2) is 0 Å². The molecule has 0 bridgehead atoms. The third-order valence-corrected chi connectivity index (χ3v) is 5.75. The molecule has 0 aromatic rings. The van der Waals surface area contributed by atoms with Gasteiger partial charge in [-0.2, -0.15) is 0 Å². The largest absolute Gasteiger partial charge is 0.370 e. The minimum Gasteiger partial charge on any atom is -0.370 e. The lowest BCUT2D eigenvalue weighted by atomic mass is 9.82. The van der Waals surface area contributed by atoms with E-state index in [1.807, 2.05) is 12.2 Å².